The highest BCUT2D eigenvalue weighted by Crippen LogP contribution is 2.17. The Morgan fingerprint density at radius 1 is 1.12 bits per heavy atom. The van der Waals surface area contributed by atoms with E-state index in [1.807, 2.05) is 0 Å². The quantitative estimate of drug-likeness (QED) is 0.678. The van der Waals surface area contributed by atoms with Gasteiger partial charge in [-0.25, -0.2) is 14.6 Å². The van der Waals surface area contributed by atoms with Crippen molar-refractivity contribution in [3.8, 4) is 17.4 Å². The molecule has 7 nitrogen and oxygen atoms in total. The fourth-order valence-corrected chi connectivity index (χ4v) is 1.88. The average Bonchev–Trinajstić information content (AvgIpc) is 3.03. The molecule has 0 aliphatic heterocycles. The summed E-state index contributed by atoms with van der Waals surface area (Å²) in [6, 6.07) is 6.17. The Labute approximate surface area is 139 Å². The maximum atomic E-state index is 12.1. The third kappa shape index (κ3) is 4.13. The van der Waals surface area contributed by atoms with Gasteiger partial charge in [0.25, 0.3) is 0 Å². The Balaban J connectivity index is 1.63. The molecule has 2 heterocycles. The highest BCUT2D eigenvalue weighted by molar-refractivity contribution is 6.30. The van der Waals surface area contributed by atoms with Crippen molar-refractivity contribution in [2.45, 2.75) is 13.2 Å². The predicted octanol–water partition coefficient (Wildman–Crippen LogP) is 2.89. The van der Waals surface area contributed by atoms with Gasteiger partial charge in [0.05, 0.1) is 29.3 Å². The summed E-state index contributed by atoms with van der Waals surface area (Å²) in [5, 5.41) is 8.30. The van der Waals surface area contributed by atoms with Gasteiger partial charge in [-0.05, 0) is 24.3 Å². The Bertz CT molecular complexity index is 796. The molecule has 0 unspecified atom stereocenters. The van der Waals surface area contributed by atoms with Gasteiger partial charge < -0.3 is 9.47 Å². The molecule has 0 spiro atoms. The van der Waals surface area contributed by atoms with Gasteiger partial charge in [0.15, 0.2) is 0 Å². The standard InChI is InChI=1S/C14H10ClF2N5O2/c15-9-5-18-14(19-6-9)23-8-10-7-22(21-20-10)11-1-3-12(4-2-11)24-13(16)17/h1-7,13H,8H2. The third-order valence-corrected chi connectivity index (χ3v) is 3.01. The number of alkyl halides is 2. The minimum absolute atomic E-state index is 0.0670. The highest BCUT2D eigenvalue weighted by Gasteiger charge is 2.07. The zero-order chi connectivity index (χ0) is 16.9. The van der Waals surface area contributed by atoms with E-state index in [2.05, 4.69) is 25.0 Å². The summed E-state index contributed by atoms with van der Waals surface area (Å²) < 4.78 is 35.3. The normalized spacial score (nSPS) is 10.8. The van der Waals surface area contributed by atoms with Crippen molar-refractivity contribution in [2.24, 2.45) is 0 Å². The number of rotatable bonds is 6. The van der Waals surface area contributed by atoms with E-state index in [4.69, 9.17) is 16.3 Å². The second kappa shape index (κ2) is 7.18. The van der Waals surface area contributed by atoms with Crippen molar-refractivity contribution in [2.75, 3.05) is 0 Å². The van der Waals surface area contributed by atoms with E-state index in [9.17, 15) is 8.78 Å². The van der Waals surface area contributed by atoms with Gasteiger partial charge in [0.1, 0.15) is 18.1 Å². The zero-order valence-corrected chi connectivity index (χ0v) is 12.8. The van der Waals surface area contributed by atoms with Crippen LogP contribution < -0.4 is 9.47 Å². The molecule has 0 bridgehead atoms. The molecular formula is C14H10ClF2N5O2. The molecule has 3 aromatic rings. The van der Waals surface area contributed by atoms with E-state index < -0.39 is 6.61 Å². The number of hydrogen-bond donors (Lipinski definition) is 0. The molecule has 0 radical (unpaired) electrons. The molecule has 0 atom stereocenters. The Morgan fingerprint density at radius 3 is 2.50 bits per heavy atom. The lowest BCUT2D eigenvalue weighted by Gasteiger charge is -2.05. The van der Waals surface area contributed by atoms with Gasteiger partial charge >= 0.3 is 12.6 Å². The molecule has 0 N–H and O–H groups in total. The molecule has 3 rings (SSSR count). The van der Waals surface area contributed by atoms with Crippen LogP contribution in [0.15, 0.2) is 42.9 Å². The van der Waals surface area contributed by atoms with Crippen LogP contribution in [-0.2, 0) is 6.61 Å². The molecule has 10 heteroatoms. The Kier molecular flexibility index (Phi) is 4.80. The van der Waals surface area contributed by atoms with Crippen molar-refractivity contribution in [3.63, 3.8) is 0 Å². The number of benzene rings is 1. The SMILES string of the molecule is FC(F)Oc1ccc(-n2cc(COc3ncc(Cl)cn3)nn2)cc1. The lowest BCUT2D eigenvalue weighted by atomic mass is 10.3. The lowest BCUT2D eigenvalue weighted by Crippen LogP contribution is -2.02. The number of ether oxygens (including phenoxy) is 2. The molecule has 24 heavy (non-hydrogen) atoms. The first-order valence-corrected chi connectivity index (χ1v) is 7.05. The van der Waals surface area contributed by atoms with E-state index in [1.54, 1.807) is 18.3 Å². The van der Waals surface area contributed by atoms with Crippen LogP contribution in [0.2, 0.25) is 5.02 Å². The van der Waals surface area contributed by atoms with Gasteiger partial charge in [-0.15, -0.1) is 5.10 Å². The van der Waals surface area contributed by atoms with E-state index in [-0.39, 0.29) is 18.4 Å². The molecule has 0 saturated heterocycles. The van der Waals surface area contributed by atoms with Crippen molar-refractivity contribution in [1.29, 1.82) is 0 Å². The first-order chi connectivity index (χ1) is 11.6. The molecule has 0 fully saturated rings. The predicted molar refractivity (Wildman–Crippen MR) is 79.4 cm³/mol. The fraction of sp³-hybridized carbons (Fsp3) is 0.143. The maximum absolute atomic E-state index is 12.1. The van der Waals surface area contributed by atoms with Crippen LogP contribution >= 0.6 is 11.6 Å². The van der Waals surface area contributed by atoms with Crippen LogP contribution in [-0.4, -0.2) is 31.6 Å². The molecule has 124 valence electrons. The van der Waals surface area contributed by atoms with E-state index in [0.29, 0.717) is 16.4 Å². The second-order valence-corrected chi connectivity index (χ2v) is 4.94. The lowest BCUT2D eigenvalue weighted by molar-refractivity contribution is -0.0498. The smallest absolute Gasteiger partial charge is 0.387 e. The van der Waals surface area contributed by atoms with Gasteiger partial charge in [0.2, 0.25) is 0 Å². The zero-order valence-electron chi connectivity index (χ0n) is 12.0. The summed E-state index contributed by atoms with van der Waals surface area (Å²) in [6.07, 6.45) is 4.48. The molecule has 0 aliphatic rings. The van der Waals surface area contributed by atoms with E-state index in [0.717, 1.165) is 0 Å². The molecule has 0 saturated carbocycles. The van der Waals surface area contributed by atoms with Crippen molar-refractivity contribution in [3.05, 3.63) is 53.6 Å². The minimum atomic E-state index is -2.86. The molecular weight excluding hydrogens is 344 g/mol. The minimum Gasteiger partial charge on any atom is -0.457 e. The molecule has 0 aliphatic carbocycles. The van der Waals surface area contributed by atoms with Crippen molar-refractivity contribution >= 4 is 11.6 Å². The second-order valence-electron chi connectivity index (χ2n) is 4.50. The first kappa shape index (κ1) is 16.1. The number of aromatic nitrogens is 5. The van der Waals surface area contributed by atoms with Gasteiger partial charge in [0, 0.05) is 0 Å². The van der Waals surface area contributed by atoms with Crippen LogP contribution in [0, 0.1) is 0 Å². The summed E-state index contributed by atoms with van der Waals surface area (Å²) in [7, 11) is 0. The topological polar surface area (TPSA) is 75.0 Å². The molecule has 2 aromatic heterocycles. The van der Waals surface area contributed by atoms with E-state index >= 15 is 0 Å². The van der Waals surface area contributed by atoms with Crippen molar-refractivity contribution in [1.82, 2.24) is 25.0 Å². The molecule has 1 aromatic carbocycles. The fourth-order valence-electron chi connectivity index (χ4n) is 1.78. The number of hydrogen-bond acceptors (Lipinski definition) is 6. The number of nitrogens with zero attached hydrogens (tertiary/aromatic N) is 5. The van der Waals surface area contributed by atoms with Gasteiger partial charge in [-0.2, -0.15) is 8.78 Å². The van der Waals surface area contributed by atoms with Gasteiger partial charge in [-0.3, -0.25) is 0 Å². The van der Waals surface area contributed by atoms with Crippen molar-refractivity contribution < 1.29 is 18.3 Å². The summed E-state index contributed by atoms with van der Waals surface area (Å²) in [5.74, 6) is 0.0670. The monoisotopic (exact) mass is 353 g/mol. The summed E-state index contributed by atoms with van der Waals surface area (Å²) >= 11 is 5.68. The third-order valence-electron chi connectivity index (χ3n) is 2.81. The number of halogens is 3. The van der Waals surface area contributed by atoms with Crippen LogP contribution in [0.1, 0.15) is 5.69 Å². The molecule has 0 amide bonds. The largest absolute Gasteiger partial charge is 0.457 e. The first-order valence-electron chi connectivity index (χ1n) is 6.67. The summed E-state index contributed by atoms with van der Waals surface area (Å²) in [5.41, 5.74) is 1.18. The van der Waals surface area contributed by atoms with Crippen LogP contribution in [0.3, 0.4) is 0 Å². The average molecular weight is 354 g/mol. The van der Waals surface area contributed by atoms with Crippen LogP contribution in [0.4, 0.5) is 8.78 Å². The Morgan fingerprint density at radius 2 is 1.83 bits per heavy atom. The van der Waals surface area contributed by atoms with Gasteiger partial charge in [-0.1, -0.05) is 16.8 Å². The van der Waals surface area contributed by atoms with E-state index in [1.165, 1.54) is 29.2 Å². The van der Waals surface area contributed by atoms with Crippen LogP contribution in [0.5, 0.6) is 11.8 Å². The Hall–Kier alpha value is -2.81. The summed E-state index contributed by atoms with van der Waals surface area (Å²) in [4.78, 5) is 7.79. The van der Waals surface area contributed by atoms with Crippen LogP contribution in [0.25, 0.3) is 5.69 Å². The summed E-state index contributed by atoms with van der Waals surface area (Å²) in [6.45, 7) is -2.74. The highest BCUT2D eigenvalue weighted by atomic mass is 35.5. The maximum Gasteiger partial charge on any atom is 0.387 e.